The first-order valence-corrected chi connectivity index (χ1v) is 11.3. The molecule has 2 aromatic carbocycles. The third kappa shape index (κ3) is 4.03. The lowest BCUT2D eigenvalue weighted by Gasteiger charge is -2.42. The molecule has 1 aliphatic carbocycles. The molecule has 9 heteroatoms. The lowest BCUT2D eigenvalue weighted by atomic mass is 10.0. The van der Waals surface area contributed by atoms with Crippen LogP contribution in [0, 0.1) is 5.82 Å². The maximum absolute atomic E-state index is 13.9. The number of ether oxygens (including phenoxy) is 1. The van der Waals surface area contributed by atoms with E-state index >= 15 is 0 Å². The van der Waals surface area contributed by atoms with E-state index in [9.17, 15) is 14.3 Å². The fourth-order valence-corrected chi connectivity index (χ4v) is 4.68. The summed E-state index contributed by atoms with van der Waals surface area (Å²) in [6.45, 7) is 1.94. The number of fused-ring (bicyclic) bond motifs is 1. The number of aliphatic hydroxyl groups excluding tert-OH is 1. The van der Waals surface area contributed by atoms with Crippen molar-refractivity contribution >= 4 is 29.2 Å². The van der Waals surface area contributed by atoms with Gasteiger partial charge in [0.2, 0.25) is 5.95 Å². The highest BCUT2D eigenvalue weighted by atomic mass is 19.1. The molecular weight excluding hydrogens is 437 g/mol. The minimum absolute atomic E-state index is 0.178. The number of anilines is 4. The molecule has 1 aliphatic heterocycles. The van der Waals surface area contributed by atoms with Crippen LogP contribution in [0.5, 0.6) is 5.75 Å². The number of nitrogens with zero attached hydrogens (tertiary/aromatic N) is 4. The molecule has 0 saturated heterocycles. The Morgan fingerprint density at radius 3 is 2.47 bits per heavy atom. The Hall–Kier alpha value is -3.72. The summed E-state index contributed by atoms with van der Waals surface area (Å²) in [5.41, 5.74) is 2.18. The Kier molecular flexibility index (Phi) is 5.79. The van der Waals surface area contributed by atoms with Gasteiger partial charge in [-0.25, -0.2) is 14.2 Å². The van der Waals surface area contributed by atoms with Crippen LogP contribution in [-0.2, 0) is 0 Å². The number of carbonyl (C=O) groups is 1. The highest BCUT2D eigenvalue weighted by Crippen LogP contribution is 2.42. The smallest absolute Gasteiger partial charge is 0.330 e. The molecule has 2 heterocycles. The van der Waals surface area contributed by atoms with E-state index in [1.165, 1.54) is 12.1 Å². The molecule has 3 aromatic rings. The monoisotopic (exact) mass is 463 g/mol. The number of carbonyl (C=O) groups excluding carboxylic acids is 1. The summed E-state index contributed by atoms with van der Waals surface area (Å²) in [6.07, 6.45) is 3.07. The standard InChI is InChI=1S/C25H26FN5O3/c1-15-22-14-27-24(28-17-5-3-16(26)4-6-17)29-23(22)31(19-7-10-20(32)13-19)25(33)30(15)18-8-11-21(34-2)12-9-18/h3-6,8-9,11-12,14-15,19-20,32H,7,10,13H2,1-2H3,(H,27,28,29)/t15?,19-,20-/m0/s1. The molecule has 0 bridgehead atoms. The number of benzene rings is 2. The SMILES string of the molecule is COc1ccc(N2C(=O)N([C@H]3CC[C@H](O)C3)c3nc(Nc4ccc(F)cc4)ncc3C2C)cc1. The molecule has 5 rings (SSSR count). The van der Waals surface area contributed by atoms with Gasteiger partial charge in [-0.3, -0.25) is 9.80 Å². The molecule has 34 heavy (non-hydrogen) atoms. The van der Waals surface area contributed by atoms with Crippen molar-refractivity contribution in [2.45, 2.75) is 44.4 Å². The van der Waals surface area contributed by atoms with Crippen molar-refractivity contribution in [1.82, 2.24) is 9.97 Å². The predicted octanol–water partition coefficient (Wildman–Crippen LogP) is 4.79. The van der Waals surface area contributed by atoms with Crippen LogP contribution in [0.4, 0.5) is 32.3 Å². The Morgan fingerprint density at radius 1 is 1.09 bits per heavy atom. The van der Waals surface area contributed by atoms with Crippen LogP contribution in [0.3, 0.4) is 0 Å². The van der Waals surface area contributed by atoms with E-state index in [1.807, 2.05) is 31.2 Å². The molecule has 1 aromatic heterocycles. The summed E-state index contributed by atoms with van der Waals surface area (Å²) in [5, 5.41) is 13.3. The van der Waals surface area contributed by atoms with Gasteiger partial charge in [-0.15, -0.1) is 0 Å². The Balaban J connectivity index is 1.54. The first-order valence-electron chi connectivity index (χ1n) is 11.3. The fourth-order valence-electron chi connectivity index (χ4n) is 4.68. The second kappa shape index (κ2) is 8.90. The lowest BCUT2D eigenvalue weighted by molar-refractivity contribution is 0.181. The van der Waals surface area contributed by atoms with Gasteiger partial charge in [-0.1, -0.05) is 0 Å². The molecule has 8 nitrogen and oxygen atoms in total. The Morgan fingerprint density at radius 2 is 1.82 bits per heavy atom. The third-order valence-electron chi connectivity index (χ3n) is 6.47. The van der Waals surface area contributed by atoms with Crippen LogP contribution < -0.4 is 19.9 Å². The van der Waals surface area contributed by atoms with E-state index in [4.69, 9.17) is 9.72 Å². The highest BCUT2D eigenvalue weighted by Gasteiger charge is 2.43. The van der Waals surface area contributed by atoms with Crippen LogP contribution in [0.25, 0.3) is 0 Å². The van der Waals surface area contributed by atoms with Crippen molar-refractivity contribution in [1.29, 1.82) is 0 Å². The van der Waals surface area contributed by atoms with Gasteiger partial charge < -0.3 is 15.2 Å². The van der Waals surface area contributed by atoms with Gasteiger partial charge in [0.05, 0.1) is 19.3 Å². The van der Waals surface area contributed by atoms with Crippen LogP contribution >= 0.6 is 0 Å². The van der Waals surface area contributed by atoms with E-state index < -0.39 is 6.10 Å². The number of hydrogen-bond donors (Lipinski definition) is 2. The quantitative estimate of drug-likeness (QED) is 0.566. The van der Waals surface area contributed by atoms with E-state index in [0.717, 1.165) is 11.3 Å². The molecule has 1 unspecified atom stereocenters. The number of aromatic nitrogens is 2. The van der Waals surface area contributed by atoms with Gasteiger partial charge in [0.15, 0.2) is 0 Å². The molecule has 1 fully saturated rings. The van der Waals surface area contributed by atoms with Crippen molar-refractivity contribution < 1.29 is 19.0 Å². The minimum Gasteiger partial charge on any atom is -0.497 e. The zero-order valence-electron chi connectivity index (χ0n) is 19.0. The predicted molar refractivity (Wildman–Crippen MR) is 127 cm³/mol. The van der Waals surface area contributed by atoms with Gasteiger partial charge in [0.25, 0.3) is 0 Å². The summed E-state index contributed by atoms with van der Waals surface area (Å²) in [7, 11) is 1.60. The van der Waals surface area contributed by atoms with Crippen molar-refractivity contribution in [3.63, 3.8) is 0 Å². The number of aliphatic hydroxyl groups is 1. The van der Waals surface area contributed by atoms with Crippen LogP contribution in [0.1, 0.15) is 37.8 Å². The van der Waals surface area contributed by atoms with Gasteiger partial charge in [-0.05, 0) is 74.7 Å². The van der Waals surface area contributed by atoms with E-state index in [-0.39, 0.29) is 23.9 Å². The van der Waals surface area contributed by atoms with Crippen LogP contribution in [-0.4, -0.2) is 40.4 Å². The number of amides is 2. The van der Waals surface area contributed by atoms with E-state index in [1.54, 1.807) is 35.2 Å². The molecule has 1 saturated carbocycles. The third-order valence-corrected chi connectivity index (χ3v) is 6.47. The maximum atomic E-state index is 13.9. The summed E-state index contributed by atoms with van der Waals surface area (Å²) >= 11 is 0. The number of rotatable bonds is 5. The normalized spacial score (nSPS) is 22.0. The molecule has 0 spiro atoms. The second-order valence-electron chi connectivity index (χ2n) is 8.62. The second-order valence-corrected chi connectivity index (χ2v) is 8.62. The number of halogens is 1. The topological polar surface area (TPSA) is 90.8 Å². The first kappa shape index (κ1) is 22.1. The molecule has 0 radical (unpaired) electrons. The molecule has 176 valence electrons. The average molecular weight is 464 g/mol. The summed E-state index contributed by atoms with van der Waals surface area (Å²) in [4.78, 5) is 26.4. The Bertz CT molecular complexity index is 1190. The number of nitrogens with one attached hydrogen (secondary N) is 1. The average Bonchev–Trinajstić information content (AvgIpc) is 3.26. The van der Waals surface area contributed by atoms with Crippen molar-refractivity contribution in [2.24, 2.45) is 0 Å². The summed E-state index contributed by atoms with van der Waals surface area (Å²) < 4.78 is 18.5. The molecule has 2 aliphatic rings. The van der Waals surface area contributed by atoms with Gasteiger partial charge in [0.1, 0.15) is 17.4 Å². The first-order chi connectivity index (χ1) is 16.4. The van der Waals surface area contributed by atoms with Crippen LogP contribution in [0.2, 0.25) is 0 Å². The summed E-state index contributed by atoms with van der Waals surface area (Å²) in [6, 6.07) is 12.6. The number of urea groups is 1. The zero-order valence-corrected chi connectivity index (χ0v) is 19.0. The molecule has 2 N–H and O–H groups in total. The summed E-state index contributed by atoms with van der Waals surface area (Å²) in [5.74, 6) is 1.21. The number of hydrogen-bond acceptors (Lipinski definition) is 6. The molecular formula is C25H26FN5O3. The van der Waals surface area contributed by atoms with E-state index in [2.05, 4.69) is 10.3 Å². The highest BCUT2D eigenvalue weighted by molar-refractivity contribution is 6.06. The van der Waals surface area contributed by atoms with Gasteiger partial charge in [0, 0.05) is 29.2 Å². The Labute approximate surface area is 197 Å². The van der Waals surface area contributed by atoms with Crippen molar-refractivity contribution in [3.8, 4) is 5.75 Å². The van der Waals surface area contributed by atoms with Gasteiger partial charge >= 0.3 is 6.03 Å². The lowest BCUT2D eigenvalue weighted by Crippen LogP contribution is -2.53. The minimum atomic E-state index is -0.450. The van der Waals surface area contributed by atoms with Crippen LogP contribution in [0.15, 0.2) is 54.7 Å². The number of methoxy groups -OCH3 is 1. The van der Waals surface area contributed by atoms with Crippen molar-refractivity contribution in [2.75, 3.05) is 22.2 Å². The fraction of sp³-hybridized carbons (Fsp3) is 0.320. The molecule has 2 amide bonds. The maximum Gasteiger partial charge on any atom is 0.330 e. The molecule has 3 atom stereocenters. The van der Waals surface area contributed by atoms with Gasteiger partial charge in [-0.2, -0.15) is 4.98 Å². The zero-order chi connectivity index (χ0) is 23.8. The largest absolute Gasteiger partial charge is 0.497 e. The van der Waals surface area contributed by atoms with Crippen molar-refractivity contribution in [3.05, 3.63) is 66.1 Å². The van der Waals surface area contributed by atoms with E-state index in [0.29, 0.717) is 42.5 Å².